The van der Waals surface area contributed by atoms with Crippen LogP contribution in [-0.4, -0.2) is 36.9 Å². The zero-order valence-corrected chi connectivity index (χ0v) is 19.5. The quantitative estimate of drug-likeness (QED) is 0.197. The van der Waals surface area contributed by atoms with Crippen LogP contribution in [-0.2, 0) is 0 Å². The fraction of sp³-hybridized carbons (Fsp3) is 0.250. The minimum atomic E-state index is 0.0538. The molecule has 4 rings (SSSR count). The number of thiophene rings is 1. The van der Waals surface area contributed by atoms with E-state index in [1.807, 2.05) is 54.6 Å². The van der Waals surface area contributed by atoms with Gasteiger partial charge in [-0.1, -0.05) is 62.4 Å². The third-order valence-electron chi connectivity index (χ3n) is 5.76. The van der Waals surface area contributed by atoms with Gasteiger partial charge in [0.05, 0.1) is 11.5 Å². The van der Waals surface area contributed by atoms with Crippen molar-refractivity contribution in [3.8, 4) is 16.9 Å². The van der Waals surface area contributed by atoms with Gasteiger partial charge in [-0.15, -0.1) is 11.3 Å². The maximum absolute atomic E-state index is 13.5. The summed E-state index contributed by atoms with van der Waals surface area (Å²) in [4.78, 5) is 16.7. The van der Waals surface area contributed by atoms with E-state index >= 15 is 0 Å². The number of hydrogen-bond donors (Lipinski definition) is 0. The molecule has 0 aliphatic rings. The smallest absolute Gasteiger partial charge is 0.203 e. The van der Waals surface area contributed by atoms with E-state index in [0.29, 0.717) is 12.2 Å². The number of ether oxygens (including phenoxy) is 1. The molecule has 0 aliphatic heterocycles. The van der Waals surface area contributed by atoms with Crippen molar-refractivity contribution in [2.24, 2.45) is 0 Å². The molecule has 0 saturated heterocycles. The number of benzene rings is 3. The topological polar surface area (TPSA) is 29.5 Å². The Kier molecular flexibility index (Phi) is 7.35. The predicted octanol–water partition coefficient (Wildman–Crippen LogP) is 6.91. The third kappa shape index (κ3) is 4.93. The molecule has 0 unspecified atom stereocenters. The summed E-state index contributed by atoms with van der Waals surface area (Å²) in [5, 5.41) is 1.13. The SMILES string of the molecule is CCN(CC)CCCOc1ccc(C(=O)c2sc3ccccc3c2-c2ccccc2)cc1. The van der Waals surface area contributed by atoms with E-state index in [2.05, 4.69) is 43.0 Å². The number of ketones is 1. The van der Waals surface area contributed by atoms with Crippen molar-refractivity contribution in [3.63, 3.8) is 0 Å². The van der Waals surface area contributed by atoms with Crippen molar-refractivity contribution in [1.29, 1.82) is 0 Å². The highest BCUT2D eigenvalue weighted by atomic mass is 32.1. The Balaban J connectivity index is 1.53. The first-order chi connectivity index (χ1) is 15.7. The molecule has 0 atom stereocenters. The molecule has 164 valence electrons. The minimum absolute atomic E-state index is 0.0538. The normalized spacial score (nSPS) is 11.2. The summed E-state index contributed by atoms with van der Waals surface area (Å²) in [5.41, 5.74) is 2.78. The Hall–Kier alpha value is -2.95. The Labute approximate surface area is 194 Å². The van der Waals surface area contributed by atoms with E-state index in [1.54, 1.807) is 11.3 Å². The van der Waals surface area contributed by atoms with Crippen LogP contribution in [0, 0.1) is 0 Å². The van der Waals surface area contributed by atoms with Gasteiger partial charge in [-0.2, -0.15) is 0 Å². The van der Waals surface area contributed by atoms with Crippen LogP contribution in [0.3, 0.4) is 0 Å². The molecule has 3 aromatic carbocycles. The van der Waals surface area contributed by atoms with Gasteiger partial charge in [0.2, 0.25) is 5.78 Å². The summed E-state index contributed by atoms with van der Waals surface area (Å²) >= 11 is 1.56. The first-order valence-electron chi connectivity index (χ1n) is 11.3. The highest BCUT2D eigenvalue weighted by molar-refractivity contribution is 7.21. The van der Waals surface area contributed by atoms with E-state index in [9.17, 15) is 4.79 Å². The van der Waals surface area contributed by atoms with Crippen LogP contribution in [0.25, 0.3) is 21.2 Å². The maximum Gasteiger partial charge on any atom is 0.203 e. The molecule has 0 bridgehead atoms. The van der Waals surface area contributed by atoms with Gasteiger partial charge in [-0.25, -0.2) is 0 Å². The molecule has 0 N–H and O–H groups in total. The highest BCUT2D eigenvalue weighted by Gasteiger charge is 2.20. The van der Waals surface area contributed by atoms with Crippen LogP contribution >= 0.6 is 11.3 Å². The lowest BCUT2D eigenvalue weighted by Crippen LogP contribution is -2.25. The van der Waals surface area contributed by atoms with E-state index in [0.717, 1.165) is 57.9 Å². The molecular formula is C28H29NO2S. The molecule has 0 radical (unpaired) electrons. The van der Waals surface area contributed by atoms with Crippen LogP contribution in [0.15, 0.2) is 78.9 Å². The van der Waals surface area contributed by atoms with Gasteiger partial charge in [0, 0.05) is 27.8 Å². The number of carbonyl (C=O) groups excluding carboxylic acids is 1. The zero-order chi connectivity index (χ0) is 22.3. The molecule has 1 heterocycles. The molecule has 0 spiro atoms. The van der Waals surface area contributed by atoms with Crippen LogP contribution < -0.4 is 4.74 Å². The van der Waals surface area contributed by atoms with Gasteiger partial charge >= 0.3 is 0 Å². The standard InChI is InChI=1S/C28H29NO2S/c1-3-29(4-2)19-10-20-31-23-17-15-22(16-18-23)27(30)28-26(21-11-6-5-7-12-21)24-13-8-9-14-25(24)32-28/h5-9,11-18H,3-4,10,19-20H2,1-2H3. The molecule has 1 aromatic heterocycles. The lowest BCUT2D eigenvalue weighted by molar-refractivity contribution is 0.104. The average Bonchev–Trinajstić information content (AvgIpc) is 3.24. The summed E-state index contributed by atoms with van der Waals surface area (Å²) in [7, 11) is 0. The number of carbonyl (C=O) groups is 1. The maximum atomic E-state index is 13.5. The first kappa shape index (κ1) is 22.3. The van der Waals surface area contributed by atoms with Crippen molar-refractivity contribution in [3.05, 3.63) is 89.3 Å². The second kappa shape index (κ2) is 10.6. The Morgan fingerprint density at radius 3 is 2.28 bits per heavy atom. The van der Waals surface area contributed by atoms with Gasteiger partial charge in [0.25, 0.3) is 0 Å². The second-order valence-corrected chi connectivity index (χ2v) is 8.80. The average molecular weight is 444 g/mol. The van der Waals surface area contributed by atoms with Crippen LogP contribution in [0.2, 0.25) is 0 Å². The molecule has 0 aliphatic carbocycles. The number of hydrogen-bond acceptors (Lipinski definition) is 4. The highest BCUT2D eigenvalue weighted by Crippen LogP contribution is 2.39. The summed E-state index contributed by atoms with van der Waals surface area (Å²) in [6, 6.07) is 26.0. The molecule has 32 heavy (non-hydrogen) atoms. The minimum Gasteiger partial charge on any atom is -0.494 e. The van der Waals surface area contributed by atoms with Crippen molar-refractivity contribution >= 4 is 27.2 Å². The monoisotopic (exact) mass is 443 g/mol. The van der Waals surface area contributed by atoms with Gasteiger partial charge in [0.1, 0.15) is 5.75 Å². The molecule has 0 fully saturated rings. The summed E-state index contributed by atoms with van der Waals surface area (Å²) < 4.78 is 7.02. The third-order valence-corrected chi connectivity index (χ3v) is 6.93. The molecule has 4 aromatic rings. The van der Waals surface area contributed by atoms with E-state index in [4.69, 9.17) is 4.74 Å². The summed E-state index contributed by atoms with van der Waals surface area (Å²) in [6.07, 6.45) is 0.991. The summed E-state index contributed by atoms with van der Waals surface area (Å²) in [5.74, 6) is 0.860. The molecule has 0 amide bonds. The van der Waals surface area contributed by atoms with Gasteiger partial charge in [0.15, 0.2) is 0 Å². The fourth-order valence-electron chi connectivity index (χ4n) is 3.95. The van der Waals surface area contributed by atoms with Crippen LogP contribution in [0.5, 0.6) is 5.75 Å². The lowest BCUT2D eigenvalue weighted by atomic mass is 9.98. The molecular weight excluding hydrogens is 414 g/mol. The predicted molar refractivity (Wildman–Crippen MR) is 135 cm³/mol. The fourth-order valence-corrected chi connectivity index (χ4v) is 5.14. The van der Waals surface area contributed by atoms with E-state index in [1.165, 1.54) is 0 Å². The van der Waals surface area contributed by atoms with Crippen molar-refractivity contribution in [2.75, 3.05) is 26.2 Å². The van der Waals surface area contributed by atoms with Crippen LogP contribution in [0.4, 0.5) is 0 Å². The van der Waals surface area contributed by atoms with Gasteiger partial charge in [-0.3, -0.25) is 4.79 Å². The Bertz CT molecular complexity index is 1160. The largest absolute Gasteiger partial charge is 0.494 e. The van der Waals surface area contributed by atoms with Crippen molar-refractivity contribution in [2.45, 2.75) is 20.3 Å². The van der Waals surface area contributed by atoms with Crippen LogP contribution in [0.1, 0.15) is 35.5 Å². The lowest BCUT2D eigenvalue weighted by Gasteiger charge is -2.17. The molecule has 0 saturated carbocycles. The summed E-state index contributed by atoms with van der Waals surface area (Å²) in [6.45, 7) is 8.21. The Morgan fingerprint density at radius 1 is 0.875 bits per heavy atom. The number of nitrogens with zero attached hydrogens (tertiary/aromatic N) is 1. The molecule has 3 nitrogen and oxygen atoms in total. The van der Waals surface area contributed by atoms with E-state index < -0.39 is 0 Å². The van der Waals surface area contributed by atoms with Gasteiger partial charge in [-0.05, 0) is 55.4 Å². The molecule has 4 heteroatoms. The van der Waals surface area contributed by atoms with Crippen molar-refractivity contribution < 1.29 is 9.53 Å². The van der Waals surface area contributed by atoms with Gasteiger partial charge < -0.3 is 9.64 Å². The number of rotatable bonds is 10. The van der Waals surface area contributed by atoms with Crippen molar-refractivity contribution in [1.82, 2.24) is 4.90 Å². The zero-order valence-electron chi connectivity index (χ0n) is 18.7. The Morgan fingerprint density at radius 2 is 1.56 bits per heavy atom. The van der Waals surface area contributed by atoms with E-state index in [-0.39, 0.29) is 5.78 Å². The number of fused-ring (bicyclic) bond motifs is 1. The first-order valence-corrected chi connectivity index (χ1v) is 12.1. The second-order valence-electron chi connectivity index (χ2n) is 7.75.